The highest BCUT2D eigenvalue weighted by molar-refractivity contribution is 5.85. The van der Waals surface area contributed by atoms with Gasteiger partial charge in [-0.15, -0.1) is 24.8 Å². The van der Waals surface area contributed by atoms with Crippen LogP contribution in [0, 0.1) is 0 Å². The van der Waals surface area contributed by atoms with Gasteiger partial charge in [-0.3, -0.25) is 0 Å². The SMILES string of the molecule is CN1CCN(CC(c2ccc(OCc3ccccc3)c(C(F)(F)F)c2)C2(O)CCCCC2)CC1.Cl.Cl. The van der Waals surface area contributed by atoms with Crippen LogP contribution in [0.25, 0.3) is 0 Å². The Labute approximate surface area is 224 Å². The first-order valence-corrected chi connectivity index (χ1v) is 12.3. The predicted octanol–water partition coefficient (Wildman–Crippen LogP) is 6.15. The van der Waals surface area contributed by atoms with E-state index in [0.29, 0.717) is 24.9 Å². The molecule has 0 aromatic heterocycles. The maximum atomic E-state index is 14.1. The average Bonchev–Trinajstić information content (AvgIpc) is 2.83. The summed E-state index contributed by atoms with van der Waals surface area (Å²) in [6, 6.07) is 13.6. The van der Waals surface area contributed by atoms with Gasteiger partial charge in [0.2, 0.25) is 0 Å². The van der Waals surface area contributed by atoms with Gasteiger partial charge in [0, 0.05) is 38.6 Å². The minimum atomic E-state index is -4.55. The number of likely N-dealkylation sites (N-methyl/N-ethyl adjacent to an activating group) is 1. The number of benzene rings is 2. The van der Waals surface area contributed by atoms with Crippen LogP contribution in [0.1, 0.15) is 54.7 Å². The molecule has 202 valence electrons. The minimum absolute atomic E-state index is 0. The van der Waals surface area contributed by atoms with Gasteiger partial charge in [0.15, 0.2) is 0 Å². The summed E-state index contributed by atoms with van der Waals surface area (Å²) < 4.78 is 47.9. The van der Waals surface area contributed by atoms with Crippen molar-refractivity contribution in [3.63, 3.8) is 0 Å². The molecule has 2 fully saturated rings. The van der Waals surface area contributed by atoms with Crippen LogP contribution in [0.5, 0.6) is 5.75 Å². The first-order valence-electron chi connectivity index (χ1n) is 12.3. The summed E-state index contributed by atoms with van der Waals surface area (Å²) in [6.45, 7) is 4.18. The molecule has 4 nitrogen and oxygen atoms in total. The van der Waals surface area contributed by atoms with Crippen LogP contribution in [0.2, 0.25) is 0 Å². The predicted molar refractivity (Wildman–Crippen MR) is 141 cm³/mol. The summed E-state index contributed by atoms with van der Waals surface area (Å²) in [4.78, 5) is 4.53. The number of rotatable bonds is 7. The van der Waals surface area contributed by atoms with E-state index in [4.69, 9.17) is 4.74 Å². The lowest BCUT2D eigenvalue weighted by Crippen LogP contribution is -2.50. The number of hydrogen-bond acceptors (Lipinski definition) is 4. The van der Waals surface area contributed by atoms with E-state index >= 15 is 0 Å². The summed E-state index contributed by atoms with van der Waals surface area (Å²) in [7, 11) is 2.08. The maximum Gasteiger partial charge on any atom is 0.419 e. The second kappa shape index (κ2) is 13.3. The number of aliphatic hydroxyl groups is 1. The number of hydrogen-bond donors (Lipinski definition) is 1. The van der Waals surface area contributed by atoms with Crippen LogP contribution in [-0.4, -0.2) is 60.3 Å². The molecule has 1 aliphatic heterocycles. The molecule has 1 atom stereocenters. The van der Waals surface area contributed by atoms with Crippen molar-refractivity contribution < 1.29 is 23.0 Å². The van der Waals surface area contributed by atoms with E-state index in [-0.39, 0.29) is 43.1 Å². The Bertz CT molecular complexity index is 932. The number of alkyl halides is 3. The van der Waals surface area contributed by atoms with Gasteiger partial charge in [0.1, 0.15) is 12.4 Å². The third-order valence-corrected chi connectivity index (χ3v) is 7.35. The molecule has 0 spiro atoms. The molecule has 0 bridgehead atoms. The lowest BCUT2D eigenvalue weighted by molar-refractivity contribution is -0.139. The fourth-order valence-corrected chi connectivity index (χ4v) is 5.23. The van der Waals surface area contributed by atoms with E-state index in [0.717, 1.165) is 51.0 Å². The molecule has 1 heterocycles. The molecule has 1 aliphatic carbocycles. The van der Waals surface area contributed by atoms with Crippen LogP contribution in [0.3, 0.4) is 0 Å². The van der Waals surface area contributed by atoms with Crippen molar-refractivity contribution in [3.8, 4) is 5.75 Å². The summed E-state index contributed by atoms with van der Waals surface area (Å²) in [5, 5.41) is 11.6. The number of ether oxygens (including phenoxy) is 1. The summed E-state index contributed by atoms with van der Waals surface area (Å²) in [6.07, 6.45) is -0.433. The molecule has 0 amide bonds. The van der Waals surface area contributed by atoms with Crippen molar-refractivity contribution in [1.29, 1.82) is 0 Å². The highest BCUT2D eigenvalue weighted by atomic mass is 35.5. The normalized spacial score (nSPS) is 19.6. The van der Waals surface area contributed by atoms with Crippen molar-refractivity contribution in [1.82, 2.24) is 9.80 Å². The maximum absolute atomic E-state index is 14.1. The first kappa shape index (κ1) is 30.7. The second-order valence-electron chi connectivity index (χ2n) is 9.85. The molecule has 1 saturated carbocycles. The van der Waals surface area contributed by atoms with E-state index in [1.54, 1.807) is 6.07 Å². The Hall–Kier alpha value is -1.51. The number of piperazine rings is 1. The van der Waals surface area contributed by atoms with Crippen LogP contribution >= 0.6 is 24.8 Å². The average molecular weight is 550 g/mol. The van der Waals surface area contributed by atoms with Gasteiger partial charge in [-0.25, -0.2) is 0 Å². The third kappa shape index (κ3) is 7.75. The topological polar surface area (TPSA) is 35.9 Å². The minimum Gasteiger partial charge on any atom is -0.488 e. The molecule has 1 N–H and O–H groups in total. The zero-order valence-corrected chi connectivity index (χ0v) is 22.3. The van der Waals surface area contributed by atoms with Crippen molar-refractivity contribution >= 4 is 24.8 Å². The highest BCUT2D eigenvalue weighted by Crippen LogP contribution is 2.44. The Balaban J connectivity index is 0.00000228. The van der Waals surface area contributed by atoms with E-state index in [2.05, 4.69) is 16.8 Å². The van der Waals surface area contributed by atoms with Crippen molar-refractivity contribution in [2.45, 2.75) is 56.4 Å². The quantitative estimate of drug-likeness (QED) is 0.449. The molecule has 2 aliphatic rings. The Kier molecular flexibility index (Phi) is 11.4. The molecule has 2 aromatic carbocycles. The van der Waals surface area contributed by atoms with Crippen molar-refractivity contribution in [2.75, 3.05) is 39.8 Å². The van der Waals surface area contributed by atoms with Crippen LogP contribution in [0.15, 0.2) is 48.5 Å². The Morgan fingerprint density at radius 3 is 2.19 bits per heavy atom. The summed E-state index contributed by atoms with van der Waals surface area (Å²) in [5.41, 5.74) is -0.410. The molecule has 4 rings (SSSR count). The highest BCUT2D eigenvalue weighted by Gasteiger charge is 2.42. The lowest BCUT2D eigenvalue weighted by atomic mass is 9.72. The number of nitrogens with zero attached hydrogens (tertiary/aromatic N) is 2. The third-order valence-electron chi connectivity index (χ3n) is 7.35. The van der Waals surface area contributed by atoms with E-state index in [9.17, 15) is 18.3 Å². The Morgan fingerprint density at radius 1 is 0.944 bits per heavy atom. The molecule has 1 unspecified atom stereocenters. The zero-order valence-electron chi connectivity index (χ0n) is 20.7. The Morgan fingerprint density at radius 2 is 1.58 bits per heavy atom. The van der Waals surface area contributed by atoms with Crippen LogP contribution in [0.4, 0.5) is 13.2 Å². The van der Waals surface area contributed by atoms with Gasteiger partial charge < -0.3 is 19.6 Å². The zero-order chi connectivity index (χ0) is 24.2. The summed E-state index contributed by atoms with van der Waals surface area (Å²) >= 11 is 0. The van der Waals surface area contributed by atoms with Crippen molar-refractivity contribution in [3.05, 3.63) is 65.2 Å². The molecular weight excluding hydrogens is 512 g/mol. The molecule has 2 aromatic rings. The van der Waals surface area contributed by atoms with Gasteiger partial charge in [0.05, 0.1) is 11.2 Å². The van der Waals surface area contributed by atoms with Crippen LogP contribution < -0.4 is 4.74 Å². The van der Waals surface area contributed by atoms with Crippen molar-refractivity contribution in [2.24, 2.45) is 0 Å². The fourth-order valence-electron chi connectivity index (χ4n) is 5.23. The van der Waals surface area contributed by atoms with Gasteiger partial charge in [0.25, 0.3) is 0 Å². The standard InChI is InChI=1S/C27H35F3N2O2.2ClH/c1-31-14-16-32(17-15-31)19-24(26(33)12-6-3-7-13-26)22-10-11-25(23(18-22)27(28,29)30)34-20-21-8-4-2-5-9-21;;/h2,4-5,8-11,18,24,33H,3,6-7,12-17,19-20H2,1H3;2*1H. The summed E-state index contributed by atoms with van der Waals surface area (Å²) in [5.74, 6) is -0.547. The first-order chi connectivity index (χ1) is 16.2. The van der Waals surface area contributed by atoms with Gasteiger partial charge >= 0.3 is 6.18 Å². The smallest absolute Gasteiger partial charge is 0.419 e. The number of halogens is 5. The second-order valence-corrected chi connectivity index (χ2v) is 9.85. The molecule has 1 saturated heterocycles. The van der Waals surface area contributed by atoms with E-state index < -0.39 is 17.3 Å². The molecule has 0 radical (unpaired) electrons. The van der Waals surface area contributed by atoms with E-state index in [1.807, 2.05) is 30.3 Å². The molecule has 9 heteroatoms. The monoisotopic (exact) mass is 548 g/mol. The van der Waals surface area contributed by atoms with E-state index in [1.165, 1.54) is 12.1 Å². The largest absolute Gasteiger partial charge is 0.488 e. The fraction of sp³-hybridized carbons (Fsp3) is 0.556. The van der Waals surface area contributed by atoms with Gasteiger partial charge in [-0.2, -0.15) is 13.2 Å². The van der Waals surface area contributed by atoms with Gasteiger partial charge in [-0.1, -0.05) is 55.7 Å². The lowest BCUT2D eigenvalue weighted by Gasteiger charge is -2.43. The molecular formula is C27H37Cl2F3N2O2. The van der Waals surface area contributed by atoms with Crippen LogP contribution in [-0.2, 0) is 12.8 Å². The van der Waals surface area contributed by atoms with Gasteiger partial charge in [-0.05, 0) is 43.1 Å². The molecule has 36 heavy (non-hydrogen) atoms.